The lowest BCUT2D eigenvalue weighted by Crippen LogP contribution is -2.24. The van der Waals surface area contributed by atoms with Crippen LogP contribution in [0, 0.1) is 0 Å². The highest BCUT2D eigenvalue weighted by molar-refractivity contribution is 7.13. The molecule has 2 aromatic heterocycles. The summed E-state index contributed by atoms with van der Waals surface area (Å²) in [4.78, 5) is 30.8. The van der Waals surface area contributed by atoms with Gasteiger partial charge in [0.25, 0.3) is 5.91 Å². The number of H-pyrrole nitrogens is 1. The first-order chi connectivity index (χ1) is 12.9. The van der Waals surface area contributed by atoms with Gasteiger partial charge in [-0.2, -0.15) is 10.1 Å². The number of hydrazone groups is 1. The number of hydrogen-bond acceptors (Lipinski definition) is 7. The molecular formula is C16H10Cl2N4O4S. The number of phenolic OH excluding ortho intramolecular Hbond substituents is 2. The number of amides is 1. The number of nitrogens with one attached hydrogen (secondary N) is 2. The second kappa shape index (κ2) is 7.78. The van der Waals surface area contributed by atoms with Crippen LogP contribution >= 0.6 is 34.5 Å². The summed E-state index contributed by atoms with van der Waals surface area (Å²) < 4.78 is 0. The van der Waals surface area contributed by atoms with E-state index in [0.717, 1.165) is 11.1 Å². The molecule has 2 heterocycles. The van der Waals surface area contributed by atoms with Gasteiger partial charge >= 0.3 is 5.69 Å². The summed E-state index contributed by atoms with van der Waals surface area (Å²) >= 11 is 12.9. The highest BCUT2D eigenvalue weighted by atomic mass is 35.5. The molecule has 3 rings (SSSR count). The Labute approximate surface area is 165 Å². The molecule has 4 N–H and O–H groups in total. The third-order valence-electron chi connectivity index (χ3n) is 3.33. The van der Waals surface area contributed by atoms with Gasteiger partial charge in [-0.3, -0.25) is 4.79 Å². The number of halogens is 2. The molecule has 8 nitrogen and oxygen atoms in total. The first-order valence-electron chi connectivity index (χ1n) is 7.25. The van der Waals surface area contributed by atoms with Gasteiger partial charge in [0, 0.05) is 5.56 Å². The number of thiophene rings is 1. The van der Waals surface area contributed by atoms with Crippen molar-refractivity contribution in [3.8, 4) is 22.1 Å². The molecule has 11 heteroatoms. The topological polar surface area (TPSA) is 128 Å². The molecule has 0 fully saturated rings. The fraction of sp³-hybridized carbons (Fsp3) is 0. The molecule has 0 saturated heterocycles. The second-order valence-corrected chi connectivity index (χ2v) is 6.85. The van der Waals surface area contributed by atoms with Gasteiger partial charge in [0.15, 0.2) is 5.75 Å². The zero-order valence-corrected chi connectivity index (χ0v) is 15.6. The van der Waals surface area contributed by atoms with Crippen LogP contribution in [0.2, 0.25) is 10.0 Å². The molecule has 0 saturated carbocycles. The zero-order valence-electron chi connectivity index (χ0n) is 13.2. The van der Waals surface area contributed by atoms with Crippen molar-refractivity contribution in [3.05, 3.63) is 61.4 Å². The molecule has 0 atom stereocenters. The lowest BCUT2D eigenvalue weighted by Gasteiger charge is -2.06. The van der Waals surface area contributed by atoms with E-state index in [2.05, 4.69) is 20.5 Å². The Balaban J connectivity index is 1.81. The van der Waals surface area contributed by atoms with E-state index in [9.17, 15) is 19.8 Å². The number of benzene rings is 1. The van der Waals surface area contributed by atoms with Gasteiger partial charge in [-0.05, 0) is 23.6 Å². The second-order valence-electron chi connectivity index (χ2n) is 5.12. The van der Waals surface area contributed by atoms with E-state index in [-0.39, 0.29) is 21.3 Å². The summed E-state index contributed by atoms with van der Waals surface area (Å²) in [7, 11) is 0. The van der Waals surface area contributed by atoms with Crippen LogP contribution in [-0.4, -0.2) is 32.3 Å². The quantitative estimate of drug-likeness (QED) is 0.378. The fourth-order valence-electron chi connectivity index (χ4n) is 2.07. The number of carbonyl (C=O) groups is 1. The van der Waals surface area contributed by atoms with Crippen molar-refractivity contribution >= 4 is 46.7 Å². The van der Waals surface area contributed by atoms with Crippen LogP contribution in [-0.2, 0) is 0 Å². The predicted octanol–water partition coefficient (Wildman–Crippen LogP) is 2.98. The number of aromatic hydroxyl groups is 2. The number of rotatable bonds is 4. The predicted molar refractivity (Wildman–Crippen MR) is 103 cm³/mol. The first-order valence-corrected chi connectivity index (χ1v) is 8.89. The summed E-state index contributed by atoms with van der Waals surface area (Å²) in [6.07, 6.45) is 1.08. The van der Waals surface area contributed by atoms with Crippen molar-refractivity contribution in [2.45, 2.75) is 0 Å². The van der Waals surface area contributed by atoms with Crippen LogP contribution in [0.15, 0.2) is 39.5 Å². The maximum atomic E-state index is 12.2. The molecule has 0 unspecified atom stereocenters. The van der Waals surface area contributed by atoms with Crippen LogP contribution in [0.3, 0.4) is 0 Å². The maximum absolute atomic E-state index is 12.2. The minimum absolute atomic E-state index is 0.0706. The standard InChI is InChI=1S/C16H10Cl2N4O4S/c17-8-4-7(13(23)12(18)14(8)24)6-19-22-15(25)10-5-9(20-16(26)21-10)11-2-1-3-27-11/h1-6,23-24H,(H,22,25)(H,20,21,26)/b19-6+. The third kappa shape index (κ3) is 4.11. The van der Waals surface area contributed by atoms with Gasteiger partial charge in [-0.25, -0.2) is 10.2 Å². The van der Waals surface area contributed by atoms with Crippen LogP contribution in [0.4, 0.5) is 0 Å². The minimum atomic E-state index is -0.731. The van der Waals surface area contributed by atoms with Crippen LogP contribution in [0.1, 0.15) is 16.1 Å². The molecule has 3 aromatic rings. The number of nitrogens with zero attached hydrogens (tertiary/aromatic N) is 2. The van der Waals surface area contributed by atoms with Gasteiger partial charge in [-0.1, -0.05) is 29.3 Å². The lowest BCUT2D eigenvalue weighted by molar-refractivity contribution is 0.0949. The van der Waals surface area contributed by atoms with Gasteiger partial charge < -0.3 is 15.2 Å². The monoisotopic (exact) mass is 424 g/mol. The Bertz CT molecular complexity index is 1100. The Morgan fingerprint density at radius 1 is 1.30 bits per heavy atom. The van der Waals surface area contributed by atoms with E-state index < -0.39 is 23.1 Å². The number of hydrogen-bond donors (Lipinski definition) is 4. The number of carbonyl (C=O) groups excluding carboxylic acids is 1. The van der Waals surface area contributed by atoms with Crippen LogP contribution in [0.5, 0.6) is 11.5 Å². The molecule has 1 amide bonds. The van der Waals surface area contributed by atoms with Crippen molar-refractivity contribution in [1.29, 1.82) is 0 Å². The molecule has 138 valence electrons. The molecule has 0 bridgehead atoms. The first kappa shape index (κ1) is 18.9. The van der Waals surface area contributed by atoms with E-state index in [0.29, 0.717) is 5.69 Å². The van der Waals surface area contributed by atoms with Crippen LogP contribution < -0.4 is 11.1 Å². The Kier molecular flexibility index (Phi) is 5.45. The fourth-order valence-corrected chi connectivity index (χ4v) is 3.24. The molecule has 0 aliphatic heterocycles. The Hall–Kier alpha value is -2.88. The maximum Gasteiger partial charge on any atom is 0.346 e. The van der Waals surface area contributed by atoms with Crippen molar-refractivity contribution in [1.82, 2.24) is 15.4 Å². The molecule has 0 aliphatic carbocycles. The normalized spacial score (nSPS) is 11.0. The molecule has 27 heavy (non-hydrogen) atoms. The minimum Gasteiger partial charge on any atom is -0.506 e. The van der Waals surface area contributed by atoms with Gasteiger partial charge in [0.05, 0.1) is 21.8 Å². The molecular weight excluding hydrogens is 415 g/mol. The average Bonchev–Trinajstić information content (AvgIpc) is 3.18. The molecule has 0 radical (unpaired) electrons. The van der Waals surface area contributed by atoms with E-state index in [1.807, 2.05) is 11.4 Å². The summed E-state index contributed by atoms with van der Waals surface area (Å²) in [6.45, 7) is 0. The molecule has 0 spiro atoms. The van der Waals surface area contributed by atoms with Gasteiger partial charge in [-0.15, -0.1) is 11.3 Å². The zero-order chi connectivity index (χ0) is 19.6. The summed E-state index contributed by atoms with van der Waals surface area (Å²) in [5, 5.41) is 24.5. The van der Waals surface area contributed by atoms with E-state index in [1.165, 1.54) is 23.5 Å². The highest BCUT2D eigenvalue weighted by Crippen LogP contribution is 2.40. The molecule has 0 aliphatic rings. The SMILES string of the molecule is O=C(N/N=C/c1cc(Cl)c(O)c(Cl)c1O)c1cc(-c2cccs2)[nH]c(=O)n1. The van der Waals surface area contributed by atoms with E-state index >= 15 is 0 Å². The summed E-state index contributed by atoms with van der Waals surface area (Å²) in [5.74, 6) is -1.65. The molecule has 1 aromatic carbocycles. The smallest absolute Gasteiger partial charge is 0.346 e. The summed E-state index contributed by atoms with van der Waals surface area (Å²) in [6, 6.07) is 6.23. The lowest BCUT2D eigenvalue weighted by atomic mass is 10.2. The van der Waals surface area contributed by atoms with E-state index in [1.54, 1.807) is 6.07 Å². The summed E-state index contributed by atoms with van der Waals surface area (Å²) in [5.41, 5.74) is 1.90. The van der Waals surface area contributed by atoms with Gasteiger partial charge in [0.2, 0.25) is 0 Å². The van der Waals surface area contributed by atoms with Crippen molar-refractivity contribution in [3.63, 3.8) is 0 Å². The van der Waals surface area contributed by atoms with Gasteiger partial charge in [0.1, 0.15) is 16.5 Å². The number of aromatic amines is 1. The van der Waals surface area contributed by atoms with Crippen molar-refractivity contribution < 1.29 is 15.0 Å². The largest absolute Gasteiger partial charge is 0.506 e. The highest BCUT2D eigenvalue weighted by Gasteiger charge is 2.14. The third-order valence-corrected chi connectivity index (χ3v) is 4.88. The van der Waals surface area contributed by atoms with Crippen molar-refractivity contribution in [2.75, 3.05) is 0 Å². The van der Waals surface area contributed by atoms with Crippen LogP contribution in [0.25, 0.3) is 10.6 Å². The van der Waals surface area contributed by atoms with Crippen molar-refractivity contribution in [2.24, 2.45) is 5.10 Å². The van der Waals surface area contributed by atoms with E-state index in [4.69, 9.17) is 23.2 Å². The average molecular weight is 425 g/mol. The number of phenols is 2. The Morgan fingerprint density at radius 3 is 2.78 bits per heavy atom. The number of aromatic nitrogens is 2. The Morgan fingerprint density at radius 2 is 2.07 bits per heavy atom.